The molecule has 8 heteroatoms. The molecule has 0 saturated carbocycles. The molecule has 0 fully saturated rings. The molecule has 1 aromatic carbocycles. The second-order valence-corrected chi connectivity index (χ2v) is 7.66. The lowest BCUT2D eigenvalue weighted by molar-refractivity contribution is -0.138. The van der Waals surface area contributed by atoms with Gasteiger partial charge in [-0.15, -0.1) is 0 Å². The summed E-state index contributed by atoms with van der Waals surface area (Å²) in [7, 11) is 0. The van der Waals surface area contributed by atoms with Crippen LogP contribution >= 0.6 is 23.2 Å². The number of alkyl halides is 1. The van der Waals surface area contributed by atoms with Crippen molar-refractivity contribution in [1.29, 1.82) is 0 Å². The Hall–Kier alpha value is -1.73. The number of fused-ring (bicyclic) bond motifs is 1. The maximum Gasteiger partial charge on any atom is 0.262 e. The summed E-state index contributed by atoms with van der Waals surface area (Å²) >= 11 is 11.9. The van der Waals surface area contributed by atoms with Gasteiger partial charge in [0.2, 0.25) is 5.67 Å². The molecule has 0 radical (unpaired) electrons. The quantitative estimate of drug-likeness (QED) is 0.720. The van der Waals surface area contributed by atoms with Gasteiger partial charge in [0.15, 0.2) is 0 Å². The number of amides is 1. The van der Waals surface area contributed by atoms with Crippen molar-refractivity contribution in [2.45, 2.75) is 37.6 Å². The fraction of sp³-hybridized carbons (Fsp3) is 0.368. The molecule has 144 valence electrons. The average Bonchev–Trinajstić information content (AvgIpc) is 2.64. The first-order chi connectivity index (χ1) is 12.7. The Kier molecular flexibility index (Phi) is 5.45. The standard InChI is InChI=1S/C19H19Cl2FN2O3/c1-11-6-14-16(23-8-11)18(27,10-25)4-5-19(14,22)17(26)24-9-12-2-3-13(20)7-15(12)21/h2-3,6-8,25,27H,4-5,9-10H2,1H3,(H,24,26)/t18-,19+/m1/s1. The predicted molar refractivity (Wildman–Crippen MR) is 100 cm³/mol. The molecule has 0 bridgehead atoms. The Morgan fingerprint density at radius 2 is 2.07 bits per heavy atom. The molecule has 3 rings (SSSR count). The van der Waals surface area contributed by atoms with Crippen molar-refractivity contribution in [2.24, 2.45) is 0 Å². The van der Waals surface area contributed by atoms with E-state index in [1.165, 1.54) is 12.3 Å². The van der Waals surface area contributed by atoms with Gasteiger partial charge in [-0.1, -0.05) is 29.3 Å². The van der Waals surface area contributed by atoms with E-state index >= 15 is 4.39 Å². The highest BCUT2D eigenvalue weighted by atomic mass is 35.5. The Labute approximate surface area is 166 Å². The first-order valence-corrected chi connectivity index (χ1v) is 9.17. The van der Waals surface area contributed by atoms with E-state index in [4.69, 9.17) is 23.2 Å². The number of nitrogens with one attached hydrogen (secondary N) is 1. The number of aryl methyl sites for hydroxylation is 1. The first kappa shape index (κ1) is 20.0. The molecule has 1 heterocycles. The van der Waals surface area contributed by atoms with Crippen LogP contribution in [-0.2, 0) is 22.6 Å². The summed E-state index contributed by atoms with van der Waals surface area (Å²) in [6, 6.07) is 6.31. The van der Waals surface area contributed by atoms with Crippen molar-refractivity contribution < 1.29 is 19.4 Å². The average molecular weight is 413 g/mol. The molecule has 0 unspecified atom stereocenters. The summed E-state index contributed by atoms with van der Waals surface area (Å²) in [4.78, 5) is 16.8. The van der Waals surface area contributed by atoms with Crippen LogP contribution in [0.4, 0.5) is 4.39 Å². The number of pyridine rings is 1. The fourth-order valence-electron chi connectivity index (χ4n) is 3.24. The predicted octanol–water partition coefficient (Wildman–Crippen LogP) is 3.15. The molecule has 1 aliphatic carbocycles. The summed E-state index contributed by atoms with van der Waals surface area (Å²) in [6.07, 6.45) is 1.07. The van der Waals surface area contributed by atoms with Crippen molar-refractivity contribution in [3.63, 3.8) is 0 Å². The van der Waals surface area contributed by atoms with Gasteiger partial charge in [0, 0.05) is 28.4 Å². The minimum Gasteiger partial charge on any atom is -0.393 e. The normalized spacial score (nSPS) is 24.4. The van der Waals surface area contributed by atoms with Crippen molar-refractivity contribution in [2.75, 3.05) is 6.61 Å². The summed E-state index contributed by atoms with van der Waals surface area (Å²) in [5.74, 6) is -0.845. The van der Waals surface area contributed by atoms with Gasteiger partial charge < -0.3 is 15.5 Å². The molecule has 1 aromatic heterocycles. The minimum atomic E-state index is -2.37. The molecule has 5 nitrogen and oxygen atoms in total. The van der Waals surface area contributed by atoms with Crippen molar-refractivity contribution in [3.05, 3.63) is 62.9 Å². The van der Waals surface area contributed by atoms with E-state index in [2.05, 4.69) is 10.3 Å². The second-order valence-electron chi connectivity index (χ2n) is 6.82. The summed E-state index contributed by atoms with van der Waals surface area (Å²) in [6.45, 7) is 1.14. The van der Waals surface area contributed by atoms with Crippen LogP contribution in [0.25, 0.3) is 0 Å². The van der Waals surface area contributed by atoms with Crippen LogP contribution in [0.1, 0.15) is 35.2 Å². The van der Waals surface area contributed by atoms with Crippen LogP contribution in [0.2, 0.25) is 10.0 Å². The number of hydrogen-bond donors (Lipinski definition) is 3. The monoisotopic (exact) mass is 412 g/mol. The highest BCUT2D eigenvalue weighted by Crippen LogP contribution is 2.45. The Balaban J connectivity index is 1.90. The molecule has 2 atom stereocenters. The molecule has 0 saturated heterocycles. The van der Waals surface area contributed by atoms with E-state index in [0.29, 0.717) is 21.2 Å². The van der Waals surface area contributed by atoms with E-state index in [1.807, 2.05) is 0 Å². The van der Waals surface area contributed by atoms with Gasteiger partial charge >= 0.3 is 0 Å². The van der Waals surface area contributed by atoms with Crippen LogP contribution in [0.15, 0.2) is 30.5 Å². The van der Waals surface area contributed by atoms with Gasteiger partial charge in [-0.2, -0.15) is 0 Å². The minimum absolute atomic E-state index is 0.0102. The molecule has 3 N–H and O–H groups in total. The van der Waals surface area contributed by atoms with Gasteiger partial charge in [0.25, 0.3) is 5.91 Å². The summed E-state index contributed by atoms with van der Waals surface area (Å²) in [5.41, 5.74) is -2.82. The number of aromatic nitrogens is 1. The number of halogens is 3. The molecule has 1 amide bonds. The third kappa shape index (κ3) is 3.67. The Bertz CT molecular complexity index is 895. The topological polar surface area (TPSA) is 82.5 Å². The number of aliphatic hydroxyl groups is 2. The first-order valence-electron chi connectivity index (χ1n) is 8.41. The lowest BCUT2D eigenvalue weighted by Crippen LogP contribution is -2.49. The molecule has 1 aliphatic rings. The largest absolute Gasteiger partial charge is 0.393 e. The molecule has 27 heavy (non-hydrogen) atoms. The van der Waals surface area contributed by atoms with Crippen LogP contribution < -0.4 is 5.32 Å². The number of hydrogen-bond acceptors (Lipinski definition) is 4. The molecule has 2 aromatic rings. The smallest absolute Gasteiger partial charge is 0.262 e. The highest BCUT2D eigenvalue weighted by Gasteiger charge is 2.51. The van der Waals surface area contributed by atoms with Crippen molar-refractivity contribution >= 4 is 29.1 Å². The Morgan fingerprint density at radius 1 is 1.33 bits per heavy atom. The SMILES string of the molecule is Cc1cnc2c(c1)[C@](F)(C(=O)NCc1ccc(Cl)cc1Cl)CC[C@@]2(O)CO. The fourth-order valence-corrected chi connectivity index (χ4v) is 3.72. The number of nitrogens with zero attached hydrogens (tertiary/aromatic N) is 1. The lowest BCUT2D eigenvalue weighted by atomic mass is 9.74. The zero-order valence-electron chi connectivity index (χ0n) is 14.6. The molecule has 0 spiro atoms. The zero-order valence-corrected chi connectivity index (χ0v) is 16.1. The van der Waals surface area contributed by atoms with Crippen molar-refractivity contribution in [3.8, 4) is 0 Å². The number of rotatable bonds is 4. The summed E-state index contributed by atoms with van der Waals surface area (Å²) < 4.78 is 15.8. The molecule has 0 aliphatic heterocycles. The van der Waals surface area contributed by atoms with E-state index < -0.39 is 23.8 Å². The third-order valence-electron chi connectivity index (χ3n) is 4.85. The van der Waals surface area contributed by atoms with Crippen LogP contribution in [0, 0.1) is 6.92 Å². The van der Waals surface area contributed by atoms with Gasteiger partial charge in [-0.3, -0.25) is 9.78 Å². The van der Waals surface area contributed by atoms with Gasteiger partial charge in [-0.25, -0.2) is 4.39 Å². The molecular weight excluding hydrogens is 394 g/mol. The third-order valence-corrected chi connectivity index (χ3v) is 5.44. The van der Waals surface area contributed by atoms with Gasteiger partial charge in [-0.05, 0) is 49.1 Å². The van der Waals surface area contributed by atoms with Crippen LogP contribution in [0.3, 0.4) is 0 Å². The lowest BCUT2D eigenvalue weighted by Gasteiger charge is -2.38. The number of carbonyl (C=O) groups excluding carboxylic acids is 1. The van der Waals surface area contributed by atoms with E-state index in [-0.39, 0.29) is 30.6 Å². The maximum atomic E-state index is 15.8. The van der Waals surface area contributed by atoms with E-state index in [9.17, 15) is 15.0 Å². The van der Waals surface area contributed by atoms with Gasteiger partial charge in [0.05, 0.1) is 12.3 Å². The maximum absolute atomic E-state index is 15.8. The second kappa shape index (κ2) is 7.36. The summed E-state index contributed by atoms with van der Waals surface area (Å²) in [5, 5.41) is 23.5. The number of benzene rings is 1. The number of carbonyl (C=O) groups is 1. The van der Waals surface area contributed by atoms with Crippen molar-refractivity contribution in [1.82, 2.24) is 10.3 Å². The Morgan fingerprint density at radius 3 is 2.74 bits per heavy atom. The number of aliphatic hydroxyl groups excluding tert-OH is 1. The highest BCUT2D eigenvalue weighted by molar-refractivity contribution is 6.35. The van der Waals surface area contributed by atoms with E-state index in [0.717, 1.165) is 0 Å². The molecular formula is C19H19Cl2FN2O3. The van der Waals surface area contributed by atoms with Crippen LogP contribution in [-0.4, -0.2) is 27.7 Å². The van der Waals surface area contributed by atoms with Crippen LogP contribution in [0.5, 0.6) is 0 Å². The van der Waals surface area contributed by atoms with E-state index in [1.54, 1.807) is 25.1 Å². The zero-order chi connectivity index (χ0) is 19.8. The van der Waals surface area contributed by atoms with Gasteiger partial charge in [0.1, 0.15) is 5.60 Å².